The quantitative estimate of drug-likeness (QED) is 0.848. The summed E-state index contributed by atoms with van der Waals surface area (Å²) in [7, 11) is 0. The molecule has 4 nitrogen and oxygen atoms in total. The van der Waals surface area contributed by atoms with E-state index in [2.05, 4.69) is 39.9 Å². The maximum atomic E-state index is 5.92. The Kier molecular flexibility index (Phi) is 5.17. The van der Waals surface area contributed by atoms with Crippen molar-refractivity contribution >= 4 is 5.69 Å². The minimum atomic E-state index is 0.493. The smallest absolute Gasteiger partial charge is 0.137 e. The van der Waals surface area contributed by atoms with Crippen LogP contribution in [0.25, 0.3) is 0 Å². The molecule has 4 rings (SSSR count). The van der Waals surface area contributed by atoms with E-state index in [9.17, 15) is 0 Å². The van der Waals surface area contributed by atoms with Crippen molar-refractivity contribution < 1.29 is 4.74 Å². The van der Waals surface area contributed by atoms with Gasteiger partial charge in [-0.25, -0.2) is 0 Å². The molecule has 0 amide bonds. The third-order valence-corrected chi connectivity index (χ3v) is 5.19. The molecule has 0 radical (unpaired) electrons. The average molecular weight is 337 g/mol. The van der Waals surface area contributed by atoms with Crippen LogP contribution in [0.5, 0.6) is 5.75 Å². The van der Waals surface area contributed by atoms with Gasteiger partial charge in [0.15, 0.2) is 0 Å². The van der Waals surface area contributed by atoms with E-state index in [1.165, 1.54) is 48.1 Å². The lowest BCUT2D eigenvalue weighted by Crippen LogP contribution is -2.28. The highest BCUT2D eigenvalue weighted by molar-refractivity contribution is 5.54. The number of rotatable bonds is 6. The molecule has 0 aliphatic carbocycles. The van der Waals surface area contributed by atoms with E-state index in [1.807, 2.05) is 12.4 Å². The molecule has 2 aliphatic rings. The van der Waals surface area contributed by atoms with E-state index >= 15 is 0 Å². The van der Waals surface area contributed by atoms with Crippen LogP contribution in [0.1, 0.15) is 36.0 Å². The Bertz CT molecular complexity index is 710. The Morgan fingerprint density at radius 3 is 2.92 bits per heavy atom. The largest absolute Gasteiger partial charge is 0.490 e. The monoisotopic (exact) mass is 337 g/mol. The van der Waals surface area contributed by atoms with Crippen molar-refractivity contribution in [2.24, 2.45) is 0 Å². The van der Waals surface area contributed by atoms with E-state index in [1.54, 1.807) is 0 Å². The minimum Gasteiger partial charge on any atom is -0.490 e. The van der Waals surface area contributed by atoms with E-state index in [-0.39, 0.29) is 0 Å². The van der Waals surface area contributed by atoms with Crippen LogP contribution in [0.15, 0.2) is 36.7 Å². The second-order valence-corrected chi connectivity index (χ2v) is 7.16. The fourth-order valence-corrected chi connectivity index (χ4v) is 3.75. The summed E-state index contributed by atoms with van der Waals surface area (Å²) in [6.07, 6.45) is 10.7. The van der Waals surface area contributed by atoms with Crippen molar-refractivity contribution in [2.45, 2.75) is 44.6 Å². The molecule has 0 bridgehead atoms. The molecule has 25 heavy (non-hydrogen) atoms. The number of anilines is 1. The zero-order valence-electron chi connectivity index (χ0n) is 14.8. The van der Waals surface area contributed by atoms with Crippen molar-refractivity contribution in [2.75, 3.05) is 25.0 Å². The lowest BCUT2D eigenvalue weighted by atomic mass is 9.98. The van der Waals surface area contributed by atoms with Crippen LogP contribution in [0.2, 0.25) is 0 Å². The molecule has 3 heterocycles. The molecule has 0 spiro atoms. The number of aromatic nitrogens is 1. The number of fused-ring (bicyclic) bond motifs is 1. The van der Waals surface area contributed by atoms with Crippen LogP contribution in [-0.2, 0) is 19.3 Å². The first-order chi connectivity index (χ1) is 12.4. The molecule has 2 aromatic rings. The summed E-state index contributed by atoms with van der Waals surface area (Å²) in [6, 6.07) is 9.48. The van der Waals surface area contributed by atoms with Gasteiger partial charge in [-0.1, -0.05) is 12.1 Å². The summed E-state index contributed by atoms with van der Waals surface area (Å²) in [5, 5.41) is 6.94. The van der Waals surface area contributed by atoms with E-state index < -0.39 is 0 Å². The Labute approximate surface area is 150 Å². The number of nitrogens with zero attached hydrogens (tertiary/aromatic N) is 1. The summed E-state index contributed by atoms with van der Waals surface area (Å²) in [4.78, 5) is 4.36. The van der Waals surface area contributed by atoms with Gasteiger partial charge in [-0.05, 0) is 73.9 Å². The summed E-state index contributed by atoms with van der Waals surface area (Å²) in [5.41, 5.74) is 5.42. The Balaban J connectivity index is 1.33. The molecule has 1 fully saturated rings. The highest BCUT2D eigenvalue weighted by Crippen LogP contribution is 2.24. The molecule has 0 saturated carbocycles. The maximum absolute atomic E-state index is 5.92. The number of hydrogen-bond donors (Lipinski definition) is 2. The van der Waals surface area contributed by atoms with Crippen molar-refractivity contribution in [3.05, 3.63) is 53.3 Å². The highest BCUT2D eigenvalue weighted by atomic mass is 16.5. The summed E-state index contributed by atoms with van der Waals surface area (Å²) in [6.45, 7) is 2.95. The topological polar surface area (TPSA) is 46.2 Å². The maximum Gasteiger partial charge on any atom is 0.137 e. The van der Waals surface area contributed by atoms with Crippen LogP contribution in [0.4, 0.5) is 5.69 Å². The highest BCUT2D eigenvalue weighted by Gasteiger charge is 2.14. The van der Waals surface area contributed by atoms with Gasteiger partial charge < -0.3 is 15.4 Å². The van der Waals surface area contributed by atoms with Gasteiger partial charge in [0.1, 0.15) is 12.4 Å². The van der Waals surface area contributed by atoms with Crippen LogP contribution >= 0.6 is 0 Å². The standard InChI is InChI=1S/C21H27N3O/c1-3-18-11-16(7-8-21(18)24-10-1)5-6-17-12-20(14-22-13-17)25-15-19-4-2-9-23-19/h7-8,11-14,19,23-24H,1-6,9-10,15H2. The zero-order valence-corrected chi connectivity index (χ0v) is 14.8. The van der Waals surface area contributed by atoms with Gasteiger partial charge in [0.2, 0.25) is 0 Å². The van der Waals surface area contributed by atoms with Crippen LogP contribution in [0, 0.1) is 0 Å². The molecule has 2 aliphatic heterocycles. The number of ether oxygens (including phenoxy) is 1. The van der Waals surface area contributed by atoms with Crippen LogP contribution in [-0.4, -0.2) is 30.7 Å². The summed E-state index contributed by atoms with van der Waals surface area (Å²) >= 11 is 0. The molecular weight excluding hydrogens is 310 g/mol. The second-order valence-electron chi connectivity index (χ2n) is 7.16. The number of pyridine rings is 1. The molecule has 1 aromatic heterocycles. The Morgan fingerprint density at radius 1 is 1.04 bits per heavy atom. The third-order valence-electron chi connectivity index (χ3n) is 5.19. The normalized spacial score (nSPS) is 19.3. The van der Waals surface area contributed by atoms with Gasteiger partial charge in [0.05, 0.1) is 6.20 Å². The van der Waals surface area contributed by atoms with E-state index in [0.717, 1.165) is 38.3 Å². The van der Waals surface area contributed by atoms with Crippen LogP contribution < -0.4 is 15.4 Å². The SMILES string of the molecule is c1cc2c(cc1CCc1cncc(OCC3CCCN3)c1)CCCN2. The molecular formula is C21H27N3O. The predicted octanol–water partition coefficient (Wildman–Crippen LogP) is 3.36. The predicted molar refractivity (Wildman–Crippen MR) is 101 cm³/mol. The minimum absolute atomic E-state index is 0.493. The third kappa shape index (κ3) is 4.31. The van der Waals surface area contributed by atoms with Crippen molar-refractivity contribution in [3.63, 3.8) is 0 Å². The van der Waals surface area contributed by atoms with Gasteiger partial charge in [-0.2, -0.15) is 0 Å². The van der Waals surface area contributed by atoms with Gasteiger partial charge in [-0.3, -0.25) is 4.98 Å². The molecule has 1 unspecified atom stereocenters. The summed E-state index contributed by atoms with van der Waals surface area (Å²) in [5.74, 6) is 0.890. The van der Waals surface area contributed by atoms with Crippen molar-refractivity contribution in [1.82, 2.24) is 10.3 Å². The van der Waals surface area contributed by atoms with Gasteiger partial charge >= 0.3 is 0 Å². The first-order valence-electron chi connectivity index (χ1n) is 9.52. The fourth-order valence-electron chi connectivity index (χ4n) is 3.75. The summed E-state index contributed by atoms with van der Waals surface area (Å²) < 4.78 is 5.92. The average Bonchev–Trinajstić information content (AvgIpc) is 3.19. The van der Waals surface area contributed by atoms with Crippen molar-refractivity contribution in [3.8, 4) is 5.75 Å². The van der Waals surface area contributed by atoms with E-state index in [0.29, 0.717) is 6.04 Å². The first-order valence-corrected chi connectivity index (χ1v) is 9.52. The molecule has 2 N–H and O–H groups in total. The molecule has 132 valence electrons. The lowest BCUT2D eigenvalue weighted by Gasteiger charge is -2.18. The van der Waals surface area contributed by atoms with Crippen LogP contribution in [0.3, 0.4) is 0 Å². The number of nitrogens with one attached hydrogen (secondary N) is 2. The number of hydrogen-bond acceptors (Lipinski definition) is 4. The Hall–Kier alpha value is -2.07. The molecule has 1 atom stereocenters. The van der Waals surface area contributed by atoms with Gasteiger partial charge in [0, 0.05) is 24.5 Å². The van der Waals surface area contributed by atoms with Gasteiger partial charge in [-0.15, -0.1) is 0 Å². The van der Waals surface area contributed by atoms with Crippen molar-refractivity contribution in [1.29, 1.82) is 0 Å². The fraction of sp³-hybridized carbons (Fsp3) is 0.476. The molecule has 1 aromatic carbocycles. The van der Waals surface area contributed by atoms with Gasteiger partial charge in [0.25, 0.3) is 0 Å². The molecule has 4 heteroatoms. The molecule has 1 saturated heterocycles. The number of aryl methyl sites for hydroxylation is 3. The van der Waals surface area contributed by atoms with E-state index in [4.69, 9.17) is 4.74 Å². The number of benzene rings is 1. The Morgan fingerprint density at radius 2 is 2.00 bits per heavy atom. The first kappa shape index (κ1) is 16.4. The lowest BCUT2D eigenvalue weighted by molar-refractivity contribution is 0.276. The zero-order chi connectivity index (χ0) is 16.9. The second kappa shape index (κ2) is 7.87.